The van der Waals surface area contributed by atoms with Gasteiger partial charge in [-0.05, 0) is 52.4 Å². The van der Waals surface area contributed by atoms with E-state index in [4.69, 9.17) is 12.2 Å². The second-order valence-electron chi connectivity index (χ2n) is 4.03. The summed E-state index contributed by atoms with van der Waals surface area (Å²) in [5, 5.41) is 4.52. The van der Waals surface area contributed by atoms with Crippen LogP contribution in [0.2, 0.25) is 0 Å². The summed E-state index contributed by atoms with van der Waals surface area (Å²) in [5.41, 5.74) is -0.479. The lowest BCUT2D eigenvalue weighted by Crippen LogP contribution is -2.21. The van der Waals surface area contributed by atoms with Crippen molar-refractivity contribution in [1.82, 2.24) is 0 Å². The van der Waals surface area contributed by atoms with Crippen molar-refractivity contribution < 1.29 is 17.6 Å². The van der Waals surface area contributed by atoms with Gasteiger partial charge < -0.3 is 10.6 Å². The number of rotatable bonds is 2. The number of anilines is 2. The Bertz CT molecular complexity index is 709. The summed E-state index contributed by atoms with van der Waals surface area (Å²) in [6, 6.07) is 6.72. The Kier molecular flexibility index (Phi) is 5.41. The van der Waals surface area contributed by atoms with Crippen molar-refractivity contribution in [2.75, 3.05) is 10.6 Å². The van der Waals surface area contributed by atoms with E-state index in [1.165, 1.54) is 0 Å². The van der Waals surface area contributed by atoms with E-state index in [1.807, 2.05) is 0 Å². The van der Waals surface area contributed by atoms with Crippen molar-refractivity contribution in [3.05, 3.63) is 56.5 Å². The van der Waals surface area contributed by atoms with Gasteiger partial charge in [-0.1, -0.05) is 15.9 Å². The minimum absolute atomic E-state index is 0.221. The van der Waals surface area contributed by atoms with Crippen LogP contribution in [0.15, 0.2) is 33.2 Å². The summed E-state index contributed by atoms with van der Waals surface area (Å²) in [6.45, 7) is 0. The van der Waals surface area contributed by atoms with Gasteiger partial charge >= 0.3 is 0 Å². The molecule has 0 aliphatic heterocycles. The molecule has 0 spiro atoms. The smallest absolute Gasteiger partial charge is 0.186 e. The molecule has 22 heavy (non-hydrogen) atoms. The highest BCUT2D eigenvalue weighted by Gasteiger charge is 2.24. The lowest BCUT2D eigenvalue weighted by atomic mass is 10.2. The van der Waals surface area contributed by atoms with E-state index in [2.05, 4.69) is 42.5 Å². The molecule has 0 unspecified atom stereocenters. The Hall–Kier alpha value is -1.19. The van der Waals surface area contributed by atoms with Crippen molar-refractivity contribution in [3.8, 4) is 0 Å². The van der Waals surface area contributed by atoms with Crippen molar-refractivity contribution in [3.63, 3.8) is 0 Å². The zero-order valence-electron chi connectivity index (χ0n) is 10.5. The highest BCUT2D eigenvalue weighted by Crippen LogP contribution is 2.31. The monoisotopic (exact) mass is 456 g/mol. The first-order valence-corrected chi connectivity index (χ1v) is 7.65. The third-order valence-electron chi connectivity index (χ3n) is 2.55. The average Bonchev–Trinajstić information content (AvgIpc) is 2.50. The van der Waals surface area contributed by atoms with Crippen molar-refractivity contribution >= 4 is 60.6 Å². The molecule has 2 aromatic carbocycles. The second-order valence-corrected chi connectivity index (χ2v) is 6.15. The first kappa shape index (κ1) is 17.2. The van der Waals surface area contributed by atoms with Crippen LogP contribution < -0.4 is 10.6 Å². The molecule has 0 aliphatic rings. The molecule has 2 aromatic rings. The van der Waals surface area contributed by atoms with Crippen LogP contribution in [0, 0.1) is 23.3 Å². The summed E-state index contributed by atoms with van der Waals surface area (Å²) in [7, 11) is 0. The van der Waals surface area contributed by atoms with Gasteiger partial charge in [-0.3, -0.25) is 0 Å². The molecule has 0 atom stereocenters. The molecule has 0 radical (unpaired) electrons. The molecule has 0 aliphatic carbocycles. The van der Waals surface area contributed by atoms with Crippen molar-refractivity contribution in [1.29, 1.82) is 0 Å². The first-order chi connectivity index (χ1) is 10.3. The number of thiocarbonyl (C=S) groups is 1. The molecule has 0 heterocycles. The van der Waals surface area contributed by atoms with E-state index in [0.29, 0.717) is 5.69 Å². The van der Waals surface area contributed by atoms with E-state index >= 15 is 0 Å². The summed E-state index contributed by atoms with van der Waals surface area (Å²) >= 11 is 10.5. The lowest BCUT2D eigenvalue weighted by molar-refractivity contribution is 0.452. The molecular weight excluding hydrogens is 452 g/mol. The van der Waals surface area contributed by atoms with Gasteiger partial charge in [0.05, 0.1) is 4.47 Å². The molecule has 0 saturated heterocycles. The van der Waals surface area contributed by atoms with Gasteiger partial charge in [0.15, 0.2) is 28.4 Å². The van der Waals surface area contributed by atoms with Crippen LogP contribution in [-0.2, 0) is 0 Å². The van der Waals surface area contributed by atoms with Gasteiger partial charge in [0.2, 0.25) is 0 Å². The fraction of sp³-hybridized carbons (Fsp3) is 0. The topological polar surface area (TPSA) is 24.1 Å². The van der Waals surface area contributed by atoms with E-state index in [0.717, 1.165) is 4.47 Å². The SMILES string of the molecule is Fc1c(F)c(NC(=S)Nc2ccc(Br)cc2)c(F)c(F)c1Br. The molecular formula is C13H6Br2F4N2S. The number of hydrogen-bond acceptors (Lipinski definition) is 1. The summed E-state index contributed by atoms with van der Waals surface area (Å²) < 4.78 is 54.1. The molecule has 0 bridgehead atoms. The molecule has 2 nitrogen and oxygen atoms in total. The van der Waals surface area contributed by atoms with Gasteiger partial charge in [0.1, 0.15) is 5.69 Å². The Balaban J connectivity index is 2.24. The standard InChI is InChI=1S/C13H6Br2F4N2S/c14-5-1-3-6(4-2-5)20-13(22)21-12-10(18)8(16)7(15)9(17)11(12)19/h1-4H,(H2,20,21,22). The highest BCUT2D eigenvalue weighted by atomic mass is 79.9. The predicted octanol–water partition coefficient (Wildman–Crippen LogP) is 5.58. The van der Waals surface area contributed by atoms with Crippen LogP contribution in [0.4, 0.5) is 28.9 Å². The molecule has 116 valence electrons. The number of hydrogen-bond donors (Lipinski definition) is 2. The van der Waals surface area contributed by atoms with Crippen LogP contribution in [0.1, 0.15) is 0 Å². The van der Waals surface area contributed by atoms with E-state index < -0.39 is 33.4 Å². The molecule has 0 fully saturated rings. The Morgan fingerprint density at radius 2 is 1.32 bits per heavy atom. The fourth-order valence-electron chi connectivity index (χ4n) is 1.52. The fourth-order valence-corrected chi connectivity index (χ4v) is 2.36. The maximum Gasteiger partial charge on any atom is 0.186 e. The quantitative estimate of drug-likeness (QED) is 0.266. The van der Waals surface area contributed by atoms with E-state index in [9.17, 15) is 17.6 Å². The third kappa shape index (κ3) is 3.58. The summed E-state index contributed by atoms with van der Waals surface area (Å²) in [5.74, 6) is -6.25. The second kappa shape index (κ2) is 6.93. The maximum atomic E-state index is 13.7. The predicted molar refractivity (Wildman–Crippen MR) is 88.0 cm³/mol. The third-order valence-corrected chi connectivity index (χ3v) is 3.98. The summed E-state index contributed by atoms with van der Waals surface area (Å²) in [6.07, 6.45) is 0. The molecule has 0 aromatic heterocycles. The highest BCUT2D eigenvalue weighted by molar-refractivity contribution is 9.10. The Labute approximate surface area is 145 Å². The minimum atomic E-state index is -1.58. The zero-order chi connectivity index (χ0) is 16.4. The minimum Gasteiger partial charge on any atom is -0.332 e. The van der Waals surface area contributed by atoms with Crippen LogP contribution in [-0.4, -0.2) is 5.11 Å². The first-order valence-electron chi connectivity index (χ1n) is 5.66. The summed E-state index contributed by atoms with van der Waals surface area (Å²) in [4.78, 5) is 0. The van der Waals surface area contributed by atoms with Crippen molar-refractivity contribution in [2.45, 2.75) is 0 Å². The van der Waals surface area contributed by atoms with E-state index in [1.54, 1.807) is 24.3 Å². The average molecular weight is 458 g/mol. The van der Waals surface area contributed by atoms with Crippen LogP contribution in [0.5, 0.6) is 0 Å². The van der Waals surface area contributed by atoms with Gasteiger partial charge in [0.25, 0.3) is 0 Å². The lowest BCUT2D eigenvalue weighted by Gasteiger charge is -2.13. The molecule has 9 heteroatoms. The normalized spacial score (nSPS) is 10.5. The number of halogens is 6. The Morgan fingerprint density at radius 3 is 1.82 bits per heavy atom. The van der Waals surface area contributed by atoms with Gasteiger partial charge in [-0.15, -0.1) is 0 Å². The van der Waals surface area contributed by atoms with Crippen molar-refractivity contribution in [2.24, 2.45) is 0 Å². The number of nitrogens with one attached hydrogen (secondary N) is 2. The van der Waals surface area contributed by atoms with Gasteiger partial charge in [-0.2, -0.15) is 0 Å². The molecule has 0 amide bonds. The molecule has 0 saturated carbocycles. The molecule has 2 rings (SSSR count). The van der Waals surface area contributed by atoms with Crippen LogP contribution >= 0.6 is 44.1 Å². The van der Waals surface area contributed by atoms with Crippen LogP contribution in [0.3, 0.4) is 0 Å². The van der Waals surface area contributed by atoms with Crippen LogP contribution in [0.25, 0.3) is 0 Å². The zero-order valence-corrected chi connectivity index (χ0v) is 14.5. The number of benzene rings is 2. The largest absolute Gasteiger partial charge is 0.332 e. The van der Waals surface area contributed by atoms with Gasteiger partial charge in [0, 0.05) is 10.2 Å². The maximum absolute atomic E-state index is 13.7. The van der Waals surface area contributed by atoms with Gasteiger partial charge in [-0.25, -0.2) is 17.6 Å². The molecule has 2 N–H and O–H groups in total. The van der Waals surface area contributed by atoms with E-state index in [-0.39, 0.29) is 5.11 Å². The Morgan fingerprint density at radius 1 is 0.818 bits per heavy atom.